The van der Waals surface area contributed by atoms with Crippen LogP contribution in [0.25, 0.3) is 10.9 Å². The maximum Gasteiger partial charge on any atom is 0.128 e. The Kier molecular flexibility index (Phi) is 5.36. The fourth-order valence-electron chi connectivity index (χ4n) is 2.34. The van der Waals surface area contributed by atoms with E-state index in [4.69, 9.17) is 15.6 Å². The number of methoxy groups -OCH3 is 1. The van der Waals surface area contributed by atoms with E-state index in [0.29, 0.717) is 5.82 Å². The van der Waals surface area contributed by atoms with Crippen molar-refractivity contribution in [1.29, 1.82) is 0 Å². The van der Waals surface area contributed by atoms with Gasteiger partial charge >= 0.3 is 0 Å². The molecular formula is C16H23N3O2. The lowest BCUT2D eigenvalue weighted by atomic mass is 10.1. The van der Waals surface area contributed by atoms with Gasteiger partial charge in [0.2, 0.25) is 0 Å². The molecule has 0 bridgehead atoms. The van der Waals surface area contributed by atoms with E-state index in [1.807, 2.05) is 18.2 Å². The third kappa shape index (κ3) is 3.83. The van der Waals surface area contributed by atoms with Crippen LogP contribution in [-0.4, -0.2) is 41.8 Å². The highest BCUT2D eigenvalue weighted by atomic mass is 16.5. The Morgan fingerprint density at radius 1 is 1.33 bits per heavy atom. The molecule has 1 aromatic carbocycles. The van der Waals surface area contributed by atoms with Crippen molar-refractivity contribution in [1.82, 2.24) is 9.88 Å². The lowest BCUT2D eigenvalue weighted by Crippen LogP contribution is -2.25. The number of aliphatic hydroxyl groups excluding tert-OH is 1. The number of ether oxygens (including phenoxy) is 1. The predicted octanol–water partition coefficient (Wildman–Crippen LogP) is 2.03. The minimum atomic E-state index is 0.210. The van der Waals surface area contributed by atoms with Crippen molar-refractivity contribution in [2.24, 2.45) is 0 Å². The number of benzene rings is 1. The molecule has 0 radical (unpaired) electrons. The predicted molar refractivity (Wildman–Crippen MR) is 85.4 cm³/mol. The SMILES string of the molecule is CCN(CCCO)Cc1cc2ccc(OC)cc2nc1N. The Morgan fingerprint density at radius 3 is 2.81 bits per heavy atom. The van der Waals surface area contributed by atoms with Gasteiger partial charge in [0.25, 0.3) is 0 Å². The molecule has 0 aliphatic heterocycles. The van der Waals surface area contributed by atoms with Crippen molar-refractivity contribution < 1.29 is 9.84 Å². The molecule has 1 heterocycles. The molecular weight excluding hydrogens is 266 g/mol. The second-order valence-corrected chi connectivity index (χ2v) is 5.04. The van der Waals surface area contributed by atoms with Crippen LogP contribution in [0.1, 0.15) is 18.9 Å². The monoisotopic (exact) mass is 289 g/mol. The van der Waals surface area contributed by atoms with Gasteiger partial charge in [0.05, 0.1) is 12.6 Å². The maximum absolute atomic E-state index is 8.95. The molecule has 0 amide bonds. The van der Waals surface area contributed by atoms with E-state index in [1.165, 1.54) is 0 Å². The van der Waals surface area contributed by atoms with E-state index in [-0.39, 0.29) is 6.61 Å². The molecule has 0 aliphatic carbocycles. The molecule has 0 saturated heterocycles. The number of nitrogens with two attached hydrogens (primary N) is 1. The lowest BCUT2D eigenvalue weighted by Gasteiger charge is -2.20. The zero-order valence-corrected chi connectivity index (χ0v) is 12.7. The third-order valence-electron chi connectivity index (χ3n) is 3.61. The maximum atomic E-state index is 8.95. The van der Waals surface area contributed by atoms with Gasteiger partial charge in [0, 0.05) is 36.7 Å². The van der Waals surface area contributed by atoms with Crippen molar-refractivity contribution >= 4 is 16.7 Å². The third-order valence-corrected chi connectivity index (χ3v) is 3.61. The number of pyridine rings is 1. The molecule has 2 rings (SSSR count). The first-order valence-corrected chi connectivity index (χ1v) is 7.24. The summed E-state index contributed by atoms with van der Waals surface area (Å²) in [5.41, 5.74) is 7.94. The lowest BCUT2D eigenvalue weighted by molar-refractivity contribution is 0.225. The molecule has 5 nitrogen and oxygen atoms in total. The van der Waals surface area contributed by atoms with E-state index >= 15 is 0 Å². The molecule has 2 aromatic rings. The zero-order chi connectivity index (χ0) is 15.2. The quantitative estimate of drug-likeness (QED) is 0.816. The van der Waals surface area contributed by atoms with Crippen LogP contribution < -0.4 is 10.5 Å². The molecule has 0 atom stereocenters. The van der Waals surface area contributed by atoms with E-state index in [2.05, 4.69) is 22.9 Å². The van der Waals surface area contributed by atoms with Crippen LogP contribution in [0.2, 0.25) is 0 Å². The second-order valence-electron chi connectivity index (χ2n) is 5.04. The summed E-state index contributed by atoms with van der Waals surface area (Å²) in [5, 5.41) is 10.0. The molecule has 3 N–H and O–H groups in total. The van der Waals surface area contributed by atoms with Crippen LogP contribution in [-0.2, 0) is 6.54 Å². The summed E-state index contributed by atoms with van der Waals surface area (Å²) in [6.07, 6.45) is 0.770. The van der Waals surface area contributed by atoms with Gasteiger partial charge in [-0.3, -0.25) is 4.90 Å². The van der Waals surface area contributed by atoms with Crippen molar-refractivity contribution in [2.45, 2.75) is 19.9 Å². The Balaban J connectivity index is 2.25. The average Bonchev–Trinajstić information content (AvgIpc) is 2.51. The fourth-order valence-corrected chi connectivity index (χ4v) is 2.34. The normalized spacial score (nSPS) is 11.2. The van der Waals surface area contributed by atoms with Gasteiger partial charge in [-0.05, 0) is 31.2 Å². The fraction of sp³-hybridized carbons (Fsp3) is 0.438. The number of rotatable bonds is 7. The molecule has 21 heavy (non-hydrogen) atoms. The Morgan fingerprint density at radius 2 is 2.14 bits per heavy atom. The molecule has 0 spiro atoms. The summed E-state index contributed by atoms with van der Waals surface area (Å²) >= 11 is 0. The van der Waals surface area contributed by atoms with Crippen molar-refractivity contribution in [3.63, 3.8) is 0 Å². The van der Waals surface area contributed by atoms with Gasteiger partial charge in [-0.1, -0.05) is 6.92 Å². The van der Waals surface area contributed by atoms with Crippen LogP contribution in [0.3, 0.4) is 0 Å². The molecule has 0 saturated carbocycles. The standard InChI is InChI=1S/C16H23N3O2/c1-3-19(7-4-8-20)11-13-9-12-5-6-14(21-2)10-15(12)18-16(13)17/h5-6,9-10,20H,3-4,7-8,11H2,1-2H3,(H2,17,18). The summed E-state index contributed by atoms with van der Waals surface area (Å²) in [4.78, 5) is 6.72. The van der Waals surface area contributed by atoms with Crippen molar-refractivity contribution in [3.05, 3.63) is 29.8 Å². The zero-order valence-electron chi connectivity index (χ0n) is 12.7. The van der Waals surface area contributed by atoms with Crippen LogP contribution in [0, 0.1) is 0 Å². The van der Waals surface area contributed by atoms with Gasteiger partial charge in [-0.25, -0.2) is 4.98 Å². The highest BCUT2D eigenvalue weighted by Gasteiger charge is 2.09. The number of fused-ring (bicyclic) bond motifs is 1. The highest BCUT2D eigenvalue weighted by molar-refractivity contribution is 5.82. The molecule has 0 unspecified atom stereocenters. The molecule has 1 aromatic heterocycles. The minimum absolute atomic E-state index is 0.210. The number of hydrogen-bond acceptors (Lipinski definition) is 5. The van der Waals surface area contributed by atoms with Crippen LogP contribution >= 0.6 is 0 Å². The number of nitrogen functional groups attached to an aromatic ring is 1. The van der Waals surface area contributed by atoms with Gasteiger partial charge < -0.3 is 15.6 Å². The number of nitrogens with zero attached hydrogens (tertiary/aromatic N) is 2. The van der Waals surface area contributed by atoms with Crippen molar-refractivity contribution in [3.8, 4) is 5.75 Å². The van der Waals surface area contributed by atoms with Crippen LogP contribution in [0.4, 0.5) is 5.82 Å². The molecule has 0 aliphatic rings. The van der Waals surface area contributed by atoms with Crippen LogP contribution in [0.15, 0.2) is 24.3 Å². The van der Waals surface area contributed by atoms with E-state index in [9.17, 15) is 0 Å². The Bertz CT molecular complexity index is 601. The molecule has 5 heteroatoms. The van der Waals surface area contributed by atoms with E-state index in [0.717, 1.165) is 48.3 Å². The van der Waals surface area contributed by atoms with Gasteiger partial charge in [-0.2, -0.15) is 0 Å². The Hall–Kier alpha value is -1.85. The van der Waals surface area contributed by atoms with E-state index < -0.39 is 0 Å². The van der Waals surface area contributed by atoms with Gasteiger partial charge in [-0.15, -0.1) is 0 Å². The number of aliphatic hydroxyl groups is 1. The molecule has 114 valence electrons. The highest BCUT2D eigenvalue weighted by Crippen LogP contribution is 2.23. The number of aromatic nitrogens is 1. The summed E-state index contributed by atoms with van der Waals surface area (Å²) in [7, 11) is 1.64. The first-order chi connectivity index (χ1) is 10.2. The first kappa shape index (κ1) is 15.5. The average molecular weight is 289 g/mol. The summed E-state index contributed by atoms with van der Waals surface area (Å²) in [6.45, 7) is 4.83. The Labute approximate surface area is 125 Å². The largest absolute Gasteiger partial charge is 0.497 e. The molecule has 0 fully saturated rings. The summed E-state index contributed by atoms with van der Waals surface area (Å²) in [6, 6.07) is 7.89. The van der Waals surface area contributed by atoms with Gasteiger partial charge in [0.1, 0.15) is 11.6 Å². The van der Waals surface area contributed by atoms with Crippen molar-refractivity contribution in [2.75, 3.05) is 32.5 Å². The second kappa shape index (κ2) is 7.24. The number of anilines is 1. The first-order valence-electron chi connectivity index (χ1n) is 7.24. The minimum Gasteiger partial charge on any atom is -0.497 e. The smallest absolute Gasteiger partial charge is 0.128 e. The van der Waals surface area contributed by atoms with E-state index in [1.54, 1.807) is 7.11 Å². The summed E-state index contributed by atoms with van der Waals surface area (Å²) in [5.74, 6) is 1.33. The number of hydrogen-bond donors (Lipinski definition) is 2. The van der Waals surface area contributed by atoms with Crippen LogP contribution in [0.5, 0.6) is 5.75 Å². The van der Waals surface area contributed by atoms with Gasteiger partial charge in [0.15, 0.2) is 0 Å². The summed E-state index contributed by atoms with van der Waals surface area (Å²) < 4.78 is 5.21. The topological polar surface area (TPSA) is 71.6 Å².